The molecule has 0 aliphatic rings. The molecule has 0 saturated carbocycles. The zero-order valence-corrected chi connectivity index (χ0v) is 14.4. The fraction of sp³-hybridized carbons (Fsp3) is 0.111. The highest BCUT2D eigenvalue weighted by molar-refractivity contribution is 7.15. The van der Waals surface area contributed by atoms with Crippen molar-refractivity contribution in [1.82, 2.24) is 10.2 Å². The third-order valence-electron chi connectivity index (χ3n) is 3.18. The van der Waals surface area contributed by atoms with Crippen LogP contribution in [0, 0.1) is 0 Å². The lowest BCUT2D eigenvalue weighted by Gasteiger charge is -2.00. The lowest BCUT2D eigenvalue weighted by molar-refractivity contribution is -0.131. The summed E-state index contributed by atoms with van der Waals surface area (Å²) in [5, 5.41) is 13.9. The largest absolute Gasteiger partial charge is 0.427 e. The Labute approximate surface area is 149 Å². The van der Waals surface area contributed by atoms with Gasteiger partial charge in [-0.05, 0) is 35.4 Å². The number of ether oxygens (including phenoxy) is 1. The molecule has 6 nitrogen and oxygen atoms in total. The first kappa shape index (κ1) is 16.8. The van der Waals surface area contributed by atoms with E-state index in [0.29, 0.717) is 10.9 Å². The van der Waals surface area contributed by atoms with Crippen LogP contribution >= 0.6 is 11.3 Å². The van der Waals surface area contributed by atoms with Crippen molar-refractivity contribution in [2.45, 2.75) is 13.3 Å². The number of hydrogen-bond acceptors (Lipinski definition) is 7. The molecular formula is C18H16N4O2S. The van der Waals surface area contributed by atoms with Gasteiger partial charge in [0.15, 0.2) is 0 Å². The molecule has 0 spiro atoms. The maximum atomic E-state index is 10.9. The smallest absolute Gasteiger partial charge is 0.308 e. The molecule has 0 fully saturated rings. The highest BCUT2D eigenvalue weighted by atomic mass is 32.1. The summed E-state index contributed by atoms with van der Waals surface area (Å²) >= 11 is 1.47. The van der Waals surface area contributed by atoms with Gasteiger partial charge in [-0.1, -0.05) is 41.7 Å². The fourth-order valence-electron chi connectivity index (χ4n) is 2.09. The van der Waals surface area contributed by atoms with Gasteiger partial charge in [-0.25, -0.2) is 0 Å². The van der Waals surface area contributed by atoms with Gasteiger partial charge in [0, 0.05) is 13.3 Å². The Morgan fingerprint density at radius 1 is 1.16 bits per heavy atom. The molecule has 0 aliphatic heterocycles. The van der Waals surface area contributed by atoms with Crippen LogP contribution < -0.4 is 10.2 Å². The summed E-state index contributed by atoms with van der Waals surface area (Å²) in [6.07, 6.45) is 2.41. The predicted octanol–water partition coefficient (Wildman–Crippen LogP) is 3.50. The molecular weight excluding hydrogens is 336 g/mol. The Morgan fingerprint density at radius 3 is 2.64 bits per heavy atom. The predicted molar refractivity (Wildman–Crippen MR) is 98.1 cm³/mol. The van der Waals surface area contributed by atoms with Crippen LogP contribution in [-0.2, 0) is 11.2 Å². The molecule has 1 aromatic heterocycles. The Bertz CT molecular complexity index is 860. The van der Waals surface area contributed by atoms with E-state index in [2.05, 4.69) is 32.9 Å². The van der Waals surface area contributed by atoms with Gasteiger partial charge >= 0.3 is 5.97 Å². The van der Waals surface area contributed by atoms with E-state index < -0.39 is 0 Å². The fourth-order valence-corrected chi connectivity index (χ4v) is 2.81. The average Bonchev–Trinajstić information content (AvgIpc) is 3.04. The van der Waals surface area contributed by atoms with Crippen molar-refractivity contribution < 1.29 is 9.53 Å². The van der Waals surface area contributed by atoms with E-state index in [9.17, 15) is 4.79 Å². The molecule has 3 rings (SSSR count). The molecule has 3 aromatic rings. The number of esters is 1. The summed E-state index contributed by atoms with van der Waals surface area (Å²) in [5.41, 5.74) is 4.94. The number of carbonyl (C=O) groups is 1. The molecule has 0 aliphatic carbocycles. The second-order valence-corrected chi connectivity index (χ2v) is 6.26. The van der Waals surface area contributed by atoms with Crippen LogP contribution in [0.4, 0.5) is 5.13 Å². The Morgan fingerprint density at radius 2 is 1.92 bits per heavy atom. The number of rotatable bonds is 6. The lowest BCUT2D eigenvalue weighted by atomic mass is 10.2. The van der Waals surface area contributed by atoms with Crippen molar-refractivity contribution >= 4 is 28.7 Å². The van der Waals surface area contributed by atoms with E-state index >= 15 is 0 Å². The molecule has 0 unspecified atom stereocenters. The normalized spacial score (nSPS) is 10.8. The van der Waals surface area contributed by atoms with Gasteiger partial charge in [0.1, 0.15) is 10.8 Å². The van der Waals surface area contributed by atoms with Crippen LogP contribution in [0.1, 0.15) is 23.1 Å². The highest BCUT2D eigenvalue weighted by Crippen LogP contribution is 2.18. The summed E-state index contributed by atoms with van der Waals surface area (Å²) < 4.78 is 4.98. The number of nitrogens with one attached hydrogen (secondary N) is 1. The number of carbonyl (C=O) groups excluding carboxylic acids is 1. The van der Waals surface area contributed by atoms with Gasteiger partial charge in [-0.3, -0.25) is 10.2 Å². The summed E-state index contributed by atoms with van der Waals surface area (Å²) in [6, 6.07) is 17.2. The molecule has 7 heteroatoms. The number of hydrogen-bond donors (Lipinski definition) is 1. The molecule has 1 N–H and O–H groups in total. The minimum atomic E-state index is -0.342. The van der Waals surface area contributed by atoms with E-state index in [1.807, 2.05) is 30.3 Å². The SMILES string of the molecule is CC(=O)Oc1ccc(C=NNc2nnc(Cc3ccccc3)s2)cc1. The number of benzene rings is 2. The number of hydrazone groups is 1. The molecule has 1 heterocycles. The minimum absolute atomic E-state index is 0.342. The van der Waals surface area contributed by atoms with Crippen molar-refractivity contribution in [1.29, 1.82) is 0 Å². The summed E-state index contributed by atoms with van der Waals surface area (Å²) in [5.74, 6) is 0.165. The Balaban J connectivity index is 1.54. The standard InChI is InChI=1S/C18H16N4O2S/c1-13(23)24-16-9-7-15(8-10-16)12-19-21-18-22-20-17(25-18)11-14-5-3-2-4-6-14/h2-10,12H,11H2,1H3,(H,21,22). The second-order valence-electron chi connectivity index (χ2n) is 5.20. The van der Waals surface area contributed by atoms with Crippen LogP contribution in [0.5, 0.6) is 5.75 Å². The number of aromatic nitrogens is 2. The first-order valence-electron chi connectivity index (χ1n) is 7.63. The Kier molecular flexibility index (Phi) is 5.48. The monoisotopic (exact) mass is 352 g/mol. The van der Waals surface area contributed by atoms with Crippen molar-refractivity contribution in [2.75, 3.05) is 5.43 Å². The van der Waals surface area contributed by atoms with E-state index in [-0.39, 0.29) is 5.97 Å². The van der Waals surface area contributed by atoms with Crippen LogP contribution in [0.3, 0.4) is 0 Å². The van der Waals surface area contributed by atoms with E-state index in [1.54, 1.807) is 18.3 Å². The van der Waals surface area contributed by atoms with Gasteiger partial charge in [-0.2, -0.15) is 5.10 Å². The molecule has 0 bridgehead atoms. The molecule has 0 radical (unpaired) electrons. The maximum absolute atomic E-state index is 10.9. The van der Waals surface area contributed by atoms with Crippen LogP contribution in [0.25, 0.3) is 0 Å². The van der Waals surface area contributed by atoms with Crippen molar-refractivity contribution in [3.8, 4) is 5.75 Å². The molecule has 0 atom stereocenters. The van der Waals surface area contributed by atoms with Gasteiger partial charge in [-0.15, -0.1) is 10.2 Å². The van der Waals surface area contributed by atoms with Crippen LogP contribution in [0.15, 0.2) is 59.7 Å². The molecule has 126 valence electrons. The van der Waals surface area contributed by atoms with Crippen molar-refractivity contribution in [3.63, 3.8) is 0 Å². The second kappa shape index (κ2) is 8.16. The first-order valence-corrected chi connectivity index (χ1v) is 8.44. The molecule has 0 saturated heterocycles. The van der Waals surface area contributed by atoms with Crippen LogP contribution in [0.2, 0.25) is 0 Å². The van der Waals surface area contributed by atoms with Gasteiger partial charge in [0.05, 0.1) is 6.21 Å². The summed E-state index contributed by atoms with van der Waals surface area (Å²) in [7, 11) is 0. The number of anilines is 1. The maximum Gasteiger partial charge on any atom is 0.308 e. The first-order chi connectivity index (χ1) is 12.2. The summed E-state index contributed by atoms with van der Waals surface area (Å²) in [4.78, 5) is 10.9. The van der Waals surface area contributed by atoms with E-state index in [4.69, 9.17) is 4.74 Å². The highest BCUT2D eigenvalue weighted by Gasteiger charge is 2.04. The zero-order valence-electron chi connectivity index (χ0n) is 13.5. The van der Waals surface area contributed by atoms with Gasteiger partial charge in [0.25, 0.3) is 0 Å². The van der Waals surface area contributed by atoms with Gasteiger partial charge in [0.2, 0.25) is 5.13 Å². The zero-order chi connectivity index (χ0) is 17.5. The minimum Gasteiger partial charge on any atom is -0.427 e. The lowest BCUT2D eigenvalue weighted by Crippen LogP contribution is -2.01. The molecule has 2 aromatic carbocycles. The average molecular weight is 352 g/mol. The third kappa shape index (κ3) is 5.22. The van der Waals surface area contributed by atoms with Crippen LogP contribution in [-0.4, -0.2) is 22.4 Å². The van der Waals surface area contributed by atoms with Crippen molar-refractivity contribution in [2.24, 2.45) is 5.10 Å². The molecule has 0 amide bonds. The molecule has 25 heavy (non-hydrogen) atoms. The quantitative estimate of drug-likeness (QED) is 0.318. The third-order valence-corrected chi connectivity index (χ3v) is 4.01. The number of nitrogens with zero attached hydrogens (tertiary/aromatic N) is 3. The summed E-state index contributed by atoms with van der Waals surface area (Å²) in [6.45, 7) is 1.37. The van der Waals surface area contributed by atoms with Gasteiger partial charge < -0.3 is 4.74 Å². The van der Waals surface area contributed by atoms with E-state index in [1.165, 1.54) is 23.8 Å². The van der Waals surface area contributed by atoms with E-state index in [0.717, 1.165) is 17.0 Å². The topological polar surface area (TPSA) is 76.5 Å². The van der Waals surface area contributed by atoms with Crippen molar-refractivity contribution in [3.05, 3.63) is 70.7 Å². The Hall–Kier alpha value is -3.06.